The normalized spacial score (nSPS) is 12.5. The summed E-state index contributed by atoms with van der Waals surface area (Å²) in [4.78, 5) is 10.9. The molecule has 1 aliphatic rings. The van der Waals surface area contributed by atoms with Crippen molar-refractivity contribution in [1.82, 2.24) is 9.99 Å². The fourth-order valence-corrected chi connectivity index (χ4v) is 2.36. The third kappa shape index (κ3) is 3.27. The lowest BCUT2D eigenvalue weighted by molar-refractivity contribution is -0.385. The first-order chi connectivity index (χ1) is 11.5. The average Bonchev–Trinajstić information content (AvgIpc) is 3.15. The summed E-state index contributed by atoms with van der Waals surface area (Å²) in [6, 6.07) is 6.61. The van der Waals surface area contributed by atoms with Gasteiger partial charge in [-0.25, -0.2) is 0 Å². The minimum Gasteiger partial charge on any atom is -0.454 e. The molecule has 24 heavy (non-hydrogen) atoms. The maximum Gasteiger partial charge on any atom is 0.278 e. The van der Waals surface area contributed by atoms with Gasteiger partial charge in [0.2, 0.25) is 6.79 Å². The first-order valence-corrected chi connectivity index (χ1v) is 7.26. The van der Waals surface area contributed by atoms with Crippen LogP contribution < -0.4 is 20.6 Å². The number of hydrogen-bond acceptors (Lipinski definition) is 6. The molecule has 1 aliphatic heterocycles. The molecule has 2 aromatic rings. The van der Waals surface area contributed by atoms with E-state index in [1.165, 1.54) is 12.3 Å². The highest BCUT2D eigenvalue weighted by Gasteiger charge is 2.23. The van der Waals surface area contributed by atoms with E-state index < -0.39 is 4.92 Å². The Kier molecular flexibility index (Phi) is 4.29. The lowest BCUT2D eigenvalue weighted by Gasteiger charge is -2.08. The van der Waals surface area contributed by atoms with Crippen molar-refractivity contribution in [1.29, 1.82) is 0 Å². The van der Waals surface area contributed by atoms with Crippen molar-refractivity contribution >= 4 is 29.2 Å². The molecular weight excluding hydrogens is 334 g/mol. The molecule has 0 aliphatic carbocycles. The van der Waals surface area contributed by atoms with E-state index in [4.69, 9.17) is 15.2 Å². The Labute approximate surface area is 141 Å². The summed E-state index contributed by atoms with van der Waals surface area (Å²) in [5.41, 5.74) is 8.95. The highest BCUT2D eigenvalue weighted by Crippen LogP contribution is 2.38. The largest absolute Gasteiger partial charge is 0.454 e. The number of thiocarbonyl (C=S) groups is 1. The van der Waals surface area contributed by atoms with Crippen LogP contribution in [0.25, 0.3) is 0 Å². The summed E-state index contributed by atoms with van der Waals surface area (Å²) >= 11 is 4.67. The van der Waals surface area contributed by atoms with Crippen LogP contribution in [0.1, 0.15) is 11.3 Å². The van der Waals surface area contributed by atoms with Crippen LogP contribution in [0.3, 0.4) is 0 Å². The van der Waals surface area contributed by atoms with Crippen LogP contribution in [0.5, 0.6) is 11.5 Å². The fraction of sp³-hybridized carbons (Fsp3) is 0.143. The number of benzene rings is 1. The number of hydrazone groups is 1. The van der Waals surface area contributed by atoms with Crippen molar-refractivity contribution in [2.45, 2.75) is 6.54 Å². The predicted molar refractivity (Wildman–Crippen MR) is 90.3 cm³/mol. The molecule has 124 valence electrons. The molecule has 9 nitrogen and oxygen atoms in total. The van der Waals surface area contributed by atoms with Gasteiger partial charge in [0.15, 0.2) is 16.6 Å². The Hall–Kier alpha value is -3.14. The van der Waals surface area contributed by atoms with Crippen molar-refractivity contribution in [3.8, 4) is 11.5 Å². The van der Waals surface area contributed by atoms with Gasteiger partial charge < -0.3 is 19.8 Å². The van der Waals surface area contributed by atoms with Crippen molar-refractivity contribution in [3.63, 3.8) is 0 Å². The number of rotatable bonds is 5. The molecule has 0 radical (unpaired) electrons. The van der Waals surface area contributed by atoms with Crippen LogP contribution in [0.2, 0.25) is 0 Å². The van der Waals surface area contributed by atoms with E-state index in [-0.39, 0.29) is 24.1 Å². The Bertz CT molecular complexity index is 833. The average molecular weight is 347 g/mol. The number of hydrogen-bond donors (Lipinski definition) is 2. The van der Waals surface area contributed by atoms with E-state index in [1.54, 1.807) is 22.9 Å². The first kappa shape index (κ1) is 15.7. The molecule has 0 bridgehead atoms. The molecule has 1 aromatic heterocycles. The van der Waals surface area contributed by atoms with Gasteiger partial charge >= 0.3 is 0 Å². The molecule has 2 heterocycles. The van der Waals surface area contributed by atoms with E-state index in [0.29, 0.717) is 17.1 Å². The number of nitrogens with zero attached hydrogens (tertiary/aromatic N) is 3. The number of aromatic nitrogens is 1. The predicted octanol–water partition coefficient (Wildman–Crippen LogP) is 1.34. The molecule has 3 N–H and O–H groups in total. The molecule has 0 spiro atoms. The van der Waals surface area contributed by atoms with Crippen molar-refractivity contribution in [2.75, 3.05) is 6.79 Å². The van der Waals surface area contributed by atoms with Gasteiger partial charge in [0.1, 0.15) is 0 Å². The molecule has 0 amide bonds. The van der Waals surface area contributed by atoms with Crippen LogP contribution in [0.15, 0.2) is 35.6 Å². The number of nitro groups is 1. The molecule has 0 saturated carbocycles. The SMILES string of the molecule is NC(=S)N/N=C/c1cccn1Cc1cc2c(cc1[N+](=O)[O-])OCO2. The highest BCUT2D eigenvalue weighted by molar-refractivity contribution is 7.80. The molecule has 0 fully saturated rings. The number of nitrogens with one attached hydrogen (secondary N) is 1. The number of nitrogens with two attached hydrogens (primary N) is 1. The lowest BCUT2D eigenvalue weighted by Crippen LogP contribution is -2.24. The van der Waals surface area contributed by atoms with Gasteiger partial charge in [-0.05, 0) is 30.4 Å². The zero-order chi connectivity index (χ0) is 17.1. The number of nitro benzene ring substituents is 1. The van der Waals surface area contributed by atoms with Crippen LogP contribution in [-0.4, -0.2) is 27.6 Å². The third-order valence-corrected chi connectivity index (χ3v) is 3.44. The lowest BCUT2D eigenvalue weighted by atomic mass is 10.1. The van der Waals surface area contributed by atoms with E-state index in [2.05, 4.69) is 22.7 Å². The summed E-state index contributed by atoms with van der Waals surface area (Å²) < 4.78 is 12.3. The quantitative estimate of drug-likeness (QED) is 0.363. The minimum atomic E-state index is -0.441. The first-order valence-electron chi connectivity index (χ1n) is 6.85. The van der Waals surface area contributed by atoms with Crippen LogP contribution in [-0.2, 0) is 6.54 Å². The maximum atomic E-state index is 11.3. The summed E-state index contributed by atoms with van der Waals surface area (Å²) in [5.74, 6) is 0.869. The zero-order valence-corrected chi connectivity index (χ0v) is 13.2. The van der Waals surface area contributed by atoms with Gasteiger partial charge in [-0.15, -0.1) is 0 Å². The summed E-state index contributed by atoms with van der Waals surface area (Å²) in [6.07, 6.45) is 3.31. The Balaban J connectivity index is 1.89. The Morgan fingerprint density at radius 3 is 2.96 bits per heavy atom. The highest BCUT2D eigenvalue weighted by atomic mass is 32.1. The standard InChI is InChI=1S/C14H13N5O4S/c15-14(24)17-16-6-10-2-1-3-18(10)7-9-4-12-13(23-8-22-12)5-11(9)19(20)21/h1-6H,7-8H2,(H3,15,17,24)/b16-6+. The monoisotopic (exact) mass is 347 g/mol. The van der Waals surface area contributed by atoms with Crippen LogP contribution in [0.4, 0.5) is 5.69 Å². The van der Waals surface area contributed by atoms with E-state index in [9.17, 15) is 10.1 Å². The minimum absolute atomic E-state index is 0.0305. The number of fused-ring (bicyclic) bond motifs is 1. The number of ether oxygens (including phenoxy) is 2. The second-order valence-corrected chi connectivity index (χ2v) is 5.33. The Morgan fingerprint density at radius 1 is 1.50 bits per heavy atom. The molecule has 0 atom stereocenters. The molecule has 1 aromatic carbocycles. The maximum absolute atomic E-state index is 11.3. The van der Waals surface area contributed by atoms with E-state index in [1.807, 2.05) is 6.07 Å². The van der Waals surface area contributed by atoms with Gasteiger partial charge in [-0.3, -0.25) is 15.5 Å². The van der Waals surface area contributed by atoms with Crippen molar-refractivity contribution in [3.05, 3.63) is 51.8 Å². The molecule has 3 rings (SSSR count). The van der Waals surface area contributed by atoms with Crippen LogP contribution >= 0.6 is 12.2 Å². The van der Waals surface area contributed by atoms with Crippen molar-refractivity contribution in [2.24, 2.45) is 10.8 Å². The summed E-state index contributed by atoms with van der Waals surface area (Å²) in [6.45, 7) is 0.330. The van der Waals surface area contributed by atoms with Gasteiger partial charge in [-0.2, -0.15) is 5.10 Å². The van der Waals surface area contributed by atoms with Gasteiger partial charge in [0, 0.05) is 6.20 Å². The topological polar surface area (TPSA) is 117 Å². The Morgan fingerprint density at radius 2 is 2.25 bits per heavy atom. The zero-order valence-electron chi connectivity index (χ0n) is 12.3. The molecule has 10 heteroatoms. The summed E-state index contributed by atoms with van der Waals surface area (Å²) in [7, 11) is 0. The van der Waals surface area contributed by atoms with E-state index >= 15 is 0 Å². The third-order valence-electron chi connectivity index (χ3n) is 3.35. The second-order valence-electron chi connectivity index (χ2n) is 4.89. The second kappa shape index (κ2) is 6.54. The van der Waals surface area contributed by atoms with E-state index in [0.717, 1.165) is 5.69 Å². The molecular formula is C14H13N5O4S. The van der Waals surface area contributed by atoms with Crippen LogP contribution in [0, 0.1) is 10.1 Å². The summed E-state index contributed by atoms with van der Waals surface area (Å²) in [5, 5.41) is 15.3. The smallest absolute Gasteiger partial charge is 0.278 e. The van der Waals surface area contributed by atoms with Gasteiger partial charge in [0.05, 0.1) is 35.0 Å². The van der Waals surface area contributed by atoms with Crippen molar-refractivity contribution < 1.29 is 14.4 Å². The van der Waals surface area contributed by atoms with Gasteiger partial charge in [0.25, 0.3) is 5.69 Å². The molecule has 0 saturated heterocycles. The molecule has 0 unspecified atom stereocenters. The van der Waals surface area contributed by atoms with Gasteiger partial charge in [-0.1, -0.05) is 0 Å². The fourth-order valence-electron chi connectivity index (χ4n) is 2.30.